The van der Waals surface area contributed by atoms with Crippen LogP contribution in [0.4, 0.5) is 0 Å². The van der Waals surface area contributed by atoms with E-state index in [9.17, 15) is 0 Å². The largest absolute Gasteiger partial charge is 0.374 e. The van der Waals surface area contributed by atoms with Crippen LogP contribution in [-0.4, -0.2) is 12.7 Å². The number of rotatable bonds is 1. The maximum absolute atomic E-state index is 5.79. The van der Waals surface area contributed by atoms with E-state index in [0.29, 0.717) is 12.0 Å². The van der Waals surface area contributed by atoms with Gasteiger partial charge in [-0.15, -0.1) is 0 Å². The molecular formula is C14H16O. The van der Waals surface area contributed by atoms with Crippen LogP contribution in [0.15, 0.2) is 42.0 Å². The minimum Gasteiger partial charge on any atom is -0.374 e. The van der Waals surface area contributed by atoms with Crippen molar-refractivity contribution in [2.24, 2.45) is 0 Å². The molecule has 3 rings (SSSR count). The monoisotopic (exact) mass is 200 g/mol. The summed E-state index contributed by atoms with van der Waals surface area (Å²) in [5.41, 5.74) is 2.97. The lowest BCUT2D eigenvalue weighted by Crippen LogP contribution is -2.18. The summed E-state index contributed by atoms with van der Waals surface area (Å²) >= 11 is 0. The fourth-order valence-electron chi connectivity index (χ4n) is 2.67. The summed E-state index contributed by atoms with van der Waals surface area (Å²) in [5, 5.41) is 0. The van der Waals surface area contributed by atoms with E-state index in [1.54, 1.807) is 0 Å². The molecule has 1 aromatic carbocycles. The summed E-state index contributed by atoms with van der Waals surface area (Å²) < 4.78 is 5.79. The zero-order valence-corrected chi connectivity index (χ0v) is 8.86. The van der Waals surface area contributed by atoms with Gasteiger partial charge in [0.15, 0.2) is 0 Å². The minimum atomic E-state index is 0.420. The maximum atomic E-state index is 5.79. The Kier molecular flexibility index (Phi) is 2.34. The number of hydrogen-bond donors (Lipinski definition) is 0. The van der Waals surface area contributed by atoms with Gasteiger partial charge in [0.2, 0.25) is 0 Å². The molecule has 0 aromatic heterocycles. The highest BCUT2D eigenvalue weighted by atomic mass is 16.5. The Morgan fingerprint density at radius 1 is 1.13 bits per heavy atom. The first-order valence-corrected chi connectivity index (χ1v) is 5.80. The number of fused-ring (bicyclic) bond motifs is 1. The van der Waals surface area contributed by atoms with Gasteiger partial charge in [-0.2, -0.15) is 0 Å². The minimum absolute atomic E-state index is 0.420. The van der Waals surface area contributed by atoms with E-state index in [0.717, 1.165) is 13.0 Å². The molecule has 1 heterocycles. The Morgan fingerprint density at radius 3 is 2.80 bits per heavy atom. The molecule has 0 bridgehead atoms. The fraction of sp³-hybridized carbons (Fsp3) is 0.429. The second-order valence-corrected chi connectivity index (χ2v) is 4.46. The van der Waals surface area contributed by atoms with E-state index in [2.05, 4.69) is 36.4 Å². The second kappa shape index (κ2) is 3.82. The molecule has 1 aliphatic heterocycles. The number of hydrogen-bond acceptors (Lipinski definition) is 1. The summed E-state index contributed by atoms with van der Waals surface area (Å²) in [4.78, 5) is 0. The lowest BCUT2D eigenvalue weighted by molar-refractivity contribution is 0.0531. The third-order valence-corrected chi connectivity index (χ3v) is 3.45. The van der Waals surface area contributed by atoms with Crippen LogP contribution >= 0.6 is 0 Å². The molecule has 78 valence electrons. The van der Waals surface area contributed by atoms with Crippen molar-refractivity contribution in [2.45, 2.75) is 31.3 Å². The molecule has 2 atom stereocenters. The van der Waals surface area contributed by atoms with Gasteiger partial charge >= 0.3 is 0 Å². The van der Waals surface area contributed by atoms with E-state index in [1.807, 2.05) is 0 Å². The van der Waals surface area contributed by atoms with Crippen molar-refractivity contribution in [3.63, 3.8) is 0 Å². The Labute approximate surface area is 90.8 Å². The zero-order valence-electron chi connectivity index (χ0n) is 8.86. The molecule has 1 aromatic rings. The highest BCUT2D eigenvalue weighted by Gasteiger charge is 2.29. The van der Waals surface area contributed by atoms with Crippen LogP contribution in [0.1, 0.15) is 30.7 Å². The standard InChI is InChI=1S/C14H16O/c1-2-5-11(6-3-1)13-9-12-7-4-8-15-14(12)10-13/h1-3,5-6,9,13-14H,4,7-8,10H2/t13-,14-/m0/s1. The van der Waals surface area contributed by atoms with E-state index in [1.165, 1.54) is 24.0 Å². The number of ether oxygens (including phenoxy) is 1. The molecule has 0 unspecified atom stereocenters. The second-order valence-electron chi connectivity index (χ2n) is 4.46. The summed E-state index contributed by atoms with van der Waals surface area (Å²) in [6.45, 7) is 0.948. The molecule has 1 heteroatoms. The summed E-state index contributed by atoms with van der Waals surface area (Å²) in [7, 11) is 0. The average Bonchev–Trinajstić information content (AvgIpc) is 2.74. The Bertz CT molecular complexity index is 366. The van der Waals surface area contributed by atoms with Gasteiger partial charge in [-0.1, -0.05) is 36.4 Å². The number of allylic oxidation sites excluding steroid dienone is 1. The van der Waals surface area contributed by atoms with Gasteiger partial charge in [-0.3, -0.25) is 0 Å². The fourth-order valence-corrected chi connectivity index (χ4v) is 2.67. The van der Waals surface area contributed by atoms with Crippen LogP contribution in [0.5, 0.6) is 0 Å². The van der Waals surface area contributed by atoms with E-state index in [4.69, 9.17) is 4.74 Å². The topological polar surface area (TPSA) is 9.23 Å². The first kappa shape index (κ1) is 9.17. The van der Waals surface area contributed by atoms with Gasteiger partial charge in [0.25, 0.3) is 0 Å². The lowest BCUT2D eigenvalue weighted by atomic mass is 9.98. The summed E-state index contributed by atoms with van der Waals surface area (Å²) in [5.74, 6) is 0.587. The van der Waals surface area contributed by atoms with Gasteiger partial charge in [-0.05, 0) is 30.4 Å². The van der Waals surface area contributed by atoms with E-state index < -0.39 is 0 Å². The predicted molar refractivity (Wildman–Crippen MR) is 60.9 cm³/mol. The normalized spacial score (nSPS) is 29.7. The molecule has 1 nitrogen and oxygen atoms in total. The Hall–Kier alpha value is -1.08. The van der Waals surface area contributed by atoms with Gasteiger partial charge in [-0.25, -0.2) is 0 Å². The summed E-state index contributed by atoms with van der Waals surface area (Å²) in [6, 6.07) is 10.8. The van der Waals surface area contributed by atoms with Crippen molar-refractivity contribution in [3.8, 4) is 0 Å². The smallest absolute Gasteiger partial charge is 0.0794 e. The van der Waals surface area contributed by atoms with E-state index in [-0.39, 0.29) is 0 Å². The molecule has 0 spiro atoms. The van der Waals surface area contributed by atoms with Crippen LogP contribution in [0.25, 0.3) is 0 Å². The predicted octanol–water partition coefficient (Wildman–Crippen LogP) is 3.28. The zero-order chi connectivity index (χ0) is 10.1. The highest BCUT2D eigenvalue weighted by Crippen LogP contribution is 2.38. The third-order valence-electron chi connectivity index (χ3n) is 3.45. The SMILES string of the molecule is C1=C2CCCO[C@H]2C[C@H]1c1ccccc1. The van der Waals surface area contributed by atoms with Gasteiger partial charge < -0.3 is 4.74 Å². The summed E-state index contributed by atoms with van der Waals surface area (Å²) in [6.07, 6.45) is 6.44. The van der Waals surface area contributed by atoms with E-state index >= 15 is 0 Å². The van der Waals surface area contributed by atoms with Gasteiger partial charge in [0.05, 0.1) is 6.10 Å². The van der Waals surface area contributed by atoms with Crippen molar-refractivity contribution >= 4 is 0 Å². The third kappa shape index (κ3) is 1.72. The van der Waals surface area contributed by atoms with Gasteiger partial charge in [0, 0.05) is 12.5 Å². The molecule has 0 amide bonds. The van der Waals surface area contributed by atoms with Crippen molar-refractivity contribution in [2.75, 3.05) is 6.61 Å². The molecule has 1 saturated heterocycles. The van der Waals surface area contributed by atoms with Crippen molar-refractivity contribution in [1.82, 2.24) is 0 Å². The molecular weight excluding hydrogens is 184 g/mol. The lowest BCUT2D eigenvalue weighted by Gasteiger charge is -2.21. The van der Waals surface area contributed by atoms with Crippen molar-refractivity contribution in [1.29, 1.82) is 0 Å². The van der Waals surface area contributed by atoms with Crippen LogP contribution in [0.3, 0.4) is 0 Å². The molecule has 0 radical (unpaired) electrons. The quantitative estimate of drug-likeness (QED) is 0.632. The van der Waals surface area contributed by atoms with Crippen LogP contribution in [-0.2, 0) is 4.74 Å². The molecule has 15 heavy (non-hydrogen) atoms. The first-order valence-electron chi connectivity index (χ1n) is 5.80. The van der Waals surface area contributed by atoms with Crippen molar-refractivity contribution < 1.29 is 4.74 Å². The van der Waals surface area contributed by atoms with Crippen molar-refractivity contribution in [3.05, 3.63) is 47.5 Å². The maximum Gasteiger partial charge on any atom is 0.0794 e. The highest BCUT2D eigenvalue weighted by molar-refractivity contribution is 5.32. The number of benzene rings is 1. The van der Waals surface area contributed by atoms with Gasteiger partial charge in [0.1, 0.15) is 0 Å². The van der Waals surface area contributed by atoms with Crippen LogP contribution < -0.4 is 0 Å². The van der Waals surface area contributed by atoms with Crippen LogP contribution in [0, 0.1) is 0 Å². The van der Waals surface area contributed by atoms with Crippen LogP contribution in [0.2, 0.25) is 0 Å². The Balaban J connectivity index is 1.83. The molecule has 0 saturated carbocycles. The first-order chi connectivity index (χ1) is 7.43. The average molecular weight is 200 g/mol. The molecule has 1 aliphatic carbocycles. The molecule has 1 fully saturated rings. The Morgan fingerprint density at radius 2 is 2.00 bits per heavy atom. The molecule has 2 aliphatic rings. The molecule has 0 N–H and O–H groups in total.